The number of hydrogen-bond acceptors (Lipinski definition) is 4. The Hall–Kier alpha value is -2.42. The van der Waals surface area contributed by atoms with Crippen molar-refractivity contribution in [3.8, 4) is 0 Å². The Bertz CT molecular complexity index is 986. The zero-order valence-corrected chi connectivity index (χ0v) is 19.5. The Balaban J connectivity index is 0.00000342. The highest BCUT2D eigenvalue weighted by atomic mass is 19.4. The van der Waals surface area contributed by atoms with Gasteiger partial charge in [-0.1, -0.05) is 42.5 Å². The summed E-state index contributed by atoms with van der Waals surface area (Å²) in [7, 11) is 0. The maximum atomic E-state index is 13.2. The highest BCUT2D eigenvalue weighted by molar-refractivity contribution is 5.94. The maximum Gasteiger partial charge on any atom is 0.401 e. The molecule has 34 heavy (non-hydrogen) atoms. The lowest BCUT2D eigenvalue weighted by molar-refractivity contribution is -0.205. The van der Waals surface area contributed by atoms with E-state index < -0.39 is 30.0 Å². The van der Waals surface area contributed by atoms with Crippen LogP contribution in [0.2, 0.25) is 0 Å². The molecule has 2 aliphatic rings. The summed E-state index contributed by atoms with van der Waals surface area (Å²) < 4.78 is 46.2. The van der Waals surface area contributed by atoms with Crippen LogP contribution in [0.3, 0.4) is 0 Å². The van der Waals surface area contributed by atoms with Crippen molar-refractivity contribution in [2.45, 2.75) is 50.2 Å². The van der Waals surface area contributed by atoms with Crippen LogP contribution in [0.25, 0.3) is 0 Å². The summed E-state index contributed by atoms with van der Waals surface area (Å²) in [6.45, 7) is 3.59. The molecular formula is C26H33F3N2O3. The number of morpholine rings is 1. The first-order valence-electron chi connectivity index (χ1n) is 11.6. The van der Waals surface area contributed by atoms with E-state index in [1.165, 1.54) is 4.90 Å². The van der Waals surface area contributed by atoms with Crippen LogP contribution in [0.4, 0.5) is 13.2 Å². The van der Waals surface area contributed by atoms with Gasteiger partial charge in [0, 0.05) is 33.2 Å². The van der Waals surface area contributed by atoms with Gasteiger partial charge in [-0.15, -0.1) is 0 Å². The van der Waals surface area contributed by atoms with Gasteiger partial charge in [0.05, 0.1) is 23.9 Å². The van der Waals surface area contributed by atoms with Gasteiger partial charge in [0.25, 0.3) is 5.91 Å². The molecule has 0 saturated carbocycles. The fraction of sp³-hybridized carbons (Fsp3) is 0.500. The summed E-state index contributed by atoms with van der Waals surface area (Å²) in [5, 5.41) is 10.1. The predicted octanol–water partition coefficient (Wildman–Crippen LogP) is 4.77. The maximum absolute atomic E-state index is 13.2. The first kappa shape index (κ1) is 24.7. The van der Waals surface area contributed by atoms with Crippen LogP contribution in [-0.2, 0) is 10.3 Å². The van der Waals surface area contributed by atoms with Crippen LogP contribution >= 0.6 is 0 Å². The van der Waals surface area contributed by atoms with Crippen molar-refractivity contribution in [2.24, 2.45) is 0 Å². The summed E-state index contributed by atoms with van der Waals surface area (Å²) in [4.78, 5) is 16.2. The second-order valence-electron chi connectivity index (χ2n) is 9.91. The summed E-state index contributed by atoms with van der Waals surface area (Å²) >= 11 is 0. The third-order valence-electron chi connectivity index (χ3n) is 6.70. The molecule has 1 unspecified atom stereocenters. The number of halogens is 3. The van der Waals surface area contributed by atoms with E-state index in [1.54, 1.807) is 43.0 Å². The Morgan fingerprint density at radius 3 is 2.26 bits per heavy atom. The molecule has 4 rings (SSSR count). The first-order chi connectivity index (χ1) is 15.9. The number of likely N-dealkylation sites (tertiary alicyclic amines) is 1. The number of carbonyl (C=O) groups is 1. The van der Waals surface area contributed by atoms with Crippen LogP contribution in [0.1, 0.15) is 55.7 Å². The quantitative estimate of drug-likeness (QED) is 0.688. The molecule has 2 aromatic carbocycles. The van der Waals surface area contributed by atoms with Crippen molar-refractivity contribution < 1.29 is 29.2 Å². The number of aliphatic hydroxyl groups is 1. The van der Waals surface area contributed by atoms with Crippen LogP contribution < -0.4 is 0 Å². The van der Waals surface area contributed by atoms with E-state index in [-0.39, 0.29) is 20.4 Å². The van der Waals surface area contributed by atoms with Crippen LogP contribution in [-0.4, -0.2) is 65.3 Å². The molecule has 5 nitrogen and oxygen atoms in total. The average molecular weight is 479 g/mol. The molecule has 1 atom stereocenters. The Morgan fingerprint density at radius 2 is 1.71 bits per heavy atom. The largest absolute Gasteiger partial charge is 0.401 e. The fourth-order valence-corrected chi connectivity index (χ4v) is 4.89. The summed E-state index contributed by atoms with van der Waals surface area (Å²) in [5.41, 5.74) is 0.378. The predicted molar refractivity (Wildman–Crippen MR) is 124 cm³/mol. The molecular weight excluding hydrogens is 445 g/mol. The van der Waals surface area contributed by atoms with Gasteiger partial charge in [-0.25, -0.2) is 0 Å². The third kappa shape index (κ3) is 5.79. The minimum absolute atomic E-state index is 0. The number of carbonyl (C=O) groups excluding carboxylic acids is 1. The Labute approximate surface area is 199 Å². The van der Waals surface area contributed by atoms with Crippen molar-refractivity contribution in [3.05, 3.63) is 71.3 Å². The van der Waals surface area contributed by atoms with E-state index in [4.69, 9.17) is 4.74 Å². The van der Waals surface area contributed by atoms with Gasteiger partial charge in [-0.3, -0.25) is 9.69 Å². The molecule has 0 bridgehead atoms. The number of nitrogens with zero attached hydrogens (tertiary/aromatic N) is 2. The van der Waals surface area contributed by atoms with E-state index in [0.29, 0.717) is 37.1 Å². The molecule has 2 aliphatic heterocycles. The number of ether oxygens (including phenoxy) is 1. The normalized spacial score (nSPS) is 21.6. The molecule has 186 valence electrons. The molecule has 1 N–H and O–H groups in total. The smallest absolute Gasteiger partial charge is 0.386 e. The summed E-state index contributed by atoms with van der Waals surface area (Å²) in [6, 6.07) is 16.2. The van der Waals surface area contributed by atoms with Gasteiger partial charge >= 0.3 is 6.18 Å². The van der Waals surface area contributed by atoms with Gasteiger partial charge in [-0.05, 0) is 49.9 Å². The topological polar surface area (TPSA) is 53.0 Å². The number of hydrogen-bond donors (Lipinski definition) is 1. The highest BCUT2D eigenvalue weighted by Gasteiger charge is 2.46. The van der Waals surface area contributed by atoms with Crippen molar-refractivity contribution >= 4 is 5.91 Å². The second-order valence-corrected chi connectivity index (χ2v) is 9.91. The second kappa shape index (κ2) is 9.32. The number of amides is 1. The molecule has 2 heterocycles. The zero-order chi connectivity index (χ0) is 24.6. The molecule has 2 saturated heterocycles. The number of alkyl halides is 3. The molecule has 8 heteroatoms. The molecule has 1 spiro atoms. The monoisotopic (exact) mass is 478 g/mol. The average Bonchev–Trinajstić information content (AvgIpc) is 2.78. The zero-order valence-electron chi connectivity index (χ0n) is 19.5. The third-order valence-corrected chi connectivity index (χ3v) is 6.70. The highest BCUT2D eigenvalue weighted by Crippen LogP contribution is 2.39. The number of piperidine rings is 1. The van der Waals surface area contributed by atoms with Crippen molar-refractivity contribution in [1.29, 1.82) is 0 Å². The summed E-state index contributed by atoms with van der Waals surface area (Å²) in [6.07, 6.45) is -3.80. The van der Waals surface area contributed by atoms with Crippen molar-refractivity contribution in [1.82, 2.24) is 9.80 Å². The van der Waals surface area contributed by atoms with Gasteiger partial charge in [-0.2, -0.15) is 13.2 Å². The van der Waals surface area contributed by atoms with Crippen molar-refractivity contribution in [2.75, 3.05) is 32.7 Å². The molecule has 2 fully saturated rings. The van der Waals surface area contributed by atoms with E-state index in [0.717, 1.165) is 5.56 Å². The summed E-state index contributed by atoms with van der Waals surface area (Å²) in [5.74, 6) is -0.125. The molecule has 0 aromatic heterocycles. The van der Waals surface area contributed by atoms with Gasteiger partial charge in [0.2, 0.25) is 0 Å². The first-order valence-corrected chi connectivity index (χ1v) is 11.6. The lowest BCUT2D eigenvalue weighted by atomic mass is 9.87. The van der Waals surface area contributed by atoms with Crippen molar-refractivity contribution in [3.63, 3.8) is 0 Å². The minimum atomic E-state index is -4.29. The van der Waals surface area contributed by atoms with E-state index in [2.05, 4.69) is 0 Å². The SMILES string of the molecule is CC(C)(O)c1ccc(C(=O)N2CCC3(CC2)CN(CC(F)(F)F)CC(c2ccccc2)O3)cc1.[HH]. The molecule has 2 aromatic rings. The van der Waals surface area contributed by atoms with Crippen LogP contribution in [0.15, 0.2) is 54.6 Å². The Kier molecular flexibility index (Phi) is 6.77. The molecule has 0 radical (unpaired) electrons. The molecule has 1 amide bonds. The van der Waals surface area contributed by atoms with E-state index >= 15 is 0 Å². The standard InChI is InChI=1S/C26H31F3N2O3.H2/c1-24(2,33)21-10-8-20(9-11-21)23(32)31-14-12-25(13-15-31)17-30(18-26(27,28)29)16-22(34-25)19-6-4-3-5-7-19;/h3-11,22,33H,12-18H2,1-2H3;1H. The van der Waals surface area contributed by atoms with Gasteiger partial charge in [0.1, 0.15) is 0 Å². The van der Waals surface area contributed by atoms with Crippen LogP contribution in [0, 0.1) is 0 Å². The molecule has 0 aliphatic carbocycles. The lowest BCUT2D eigenvalue weighted by Crippen LogP contribution is -2.59. The minimum Gasteiger partial charge on any atom is -0.386 e. The van der Waals surface area contributed by atoms with Crippen LogP contribution in [0.5, 0.6) is 0 Å². The number of rotatable bonds is 4. The van der Waals surface area contributed by atoms with Gasteiger partial charge in [0.15, 0.2) is 0 Å². The van der Waals surface area contributed by atoms with Gasteiger partial charge < -0.3 is 14.7 Å². The van der Waals surface area contributed by atoms with E-state index in [9.17, 15) is 23.1 Å². The number of benzene rings is 2. The fourth-order valence-electron chi connectivity index (χ4n) is 4.89. The lowest BCUT2D eigenvalue weighted by Gasteiger charge is -2.50. The Morgan fingerprint density at radius 1 is 1.09 bits per heavy atom. The van der Waals surface area contributed by atoms with E-state index in [1.807, 2.05) is 30.3 Å².